The number of fused-ring (bicyclic) bond motifs is 1. The van der Waals surface area contributed by atoms with Crippen LogP contribution in [-0.2, 0) is 6.61 Å². The van der Waals surface area contributed by atoms with Crippen LogP contribution in [0.25, 0.3) is 38.5 Å². The largest absolute Gasteiger partial charge is 0.390 e. The molecule has 0 fully saturated rings. The second-order valence-corrected chi connectivity index (χ2v) is 8.91. The third-order valence-electron chi connectivity index (χ3n) is 5.24. The summed E-state index contributed by atoms with van der Waals surface area (Å²) in [4.78, 5) is 15.1. The first kappa shape index (κ1) is 20.4. The lowest BCUT2D eigenvalue weighted by Crippen LogP contribution is -2.07. The molecule has 0 spiro atoms. The van der Waals surface area contributed by atoms with Gasteiger partial charge >= 0.3 is 0 Å². The molecule has 0 aliphatic rings. The van der Waals surface area contributed by atoms with Gasteiger partial charge in [0.2, 0.25) is 0 Å². The predicted molar refractivity (Wildman–Crippen MR) is 126 cm³/mol. The molecule has 0 unspecified atom stereocenters. The maximum atomic E-state index is 9.51. The summed E-state index contributed by atoms with van der Waals surface area (Å²) in [6.07, 6.45) is 3.72. The fraction of sp³-hybridized carbons (Fsp3) is 0.167. The Morgan fingerprint density at radius 2 is 1.94 bits per heavy atom. The summed E-state index contributed by atoms with van der Waals surface area (Å²) in [5.74, 6) is 0.641. The van der Waals surface area contributed by atoms with Crippen LogP contribution in [0.4, 0.5) is 0 Å². The summed E-state index contributed by atoms with van der Waals surface area (Å²) in [6.45, 7) is 3.84. The number of rotatable bonds is 5. The lowest BCUT2D eigenvalue weighted by atomic mass is 10.0. The van der Waals surface area contributed by atoms with Gasteiger partial charge in [-0.1, -0.05) is 12.1 Å². The number of aromatic nitrogens is 5. The summed E-state index contributed by atoms with van der Waals surface area (Å²) < 4.78 is 1.79. The van der Waals surface area contributed by atoms with Crippen LogP contribution in [0.3, 0.4) is 0 Å². The Balaban J connectivity index is 1.77. The molecule has 32 heavy (non-hydrogen) atoms. The van der Waals surface area contributed by atoms with E-state index in [0.29, 0.717) is 11.5 Å². The van der Waals surface area contributed by atoms with Gasteiger partial charge in [0.15, 0.2) is 5.82 Å². The molecule has 8 heteroatoms. The minimum atomic E-state index is -0.157. The number of nitrogens with zero attached hydrogens (tertiary/aromatic N) is 5. The van der Waals surface area contributed by atoms with E-state index in [1.165, 1.54) is 0 Å². The van der Waals surface area contributed by atoms with Crippen LogP contribution in [-0.4, -0.2) is 29.8 Å². The molecular formula is C24H22N6OS. The van der Waals surface area contributed by atoms with E-state index in [4.69, 9.17) is 10.7 Å². The minimum Gasteiger partial charge on any atom is -0.390 e. The van der Waals surface area contributed by atoms with E-state index in [1.54, 1.807) is 22.1 Å². The molecule has 0 radical (unpaired) electrons. The Hall–Kier alpha value is -3.46. The number of nitrogens with two attached hydrogens (primary N) is 1. The maximum absolute atomic E-state index is 9.51. The molecule has 0 aliphatic carbocycles. The van der Waals surface area contributed by atoms with E-state index in [9.17, 15) is 5.11 Å². The quantitative estimate of drug-likeness (QED) is 0.417. The van der Waals surface area contributed by atoms with Gasteiger partial charge in [-0.3, -0.25) is 4.98 Å². The van der Waals surface area contributed by atoms with E-state index < -0.39 is 0 Å². The Labute approximate surface area is 189 Å². The Morgan fingerprint density at radius 3 is 2.69 bits per heavy atom. The highest BCUT2D eigenvalue weighted by Crippen LogP contribution is 2.36. The first-order valence-corrected chi connectivity index (χ1v) is 11.1. The third-order valence-corrected chi connectivity index (χ3v) is 6.19. The molecule has 1 atom stereocenters. The standard InChI is InChI=1S/C24H22N6OS/c1-14-11-26-24(32-14)18-9-16(21-7-4-6-20(29-21)15(2)25)10-22-19(18)12-27-30(22)23-8-3-5-17(13-31)28-23/h3-12,15,31H,13,25H2,1-2H3/t15-/m0/s1. The zero-order chi connectivity index (χ0) is 22.2. The zero-order valence-corrected chi connectivity index (χ0v) is 18.5. The molecule has 0 aliphatic heterocycles. The molecule has 3 N–H and O–H groups in total. The van der Waals surface area contributed by atoms with Crippen molar-refractivity contribution < 1.29 is 5.11 Å². The smallest absolute Gasteiger partial charge is 0.154 e. The Kier molecular flexibility index (Phi) is 5.26. The van der Waals surface area contributed by atoms with Gasteiger partial charge in [-0.25, -0.2) is 14.6 Å². The fourth-order valence-electron chi connectivity index (χ4n) is 3.65. The topological polar surface area (TPSA) is 103 Å². The van der Waals surface area contributed by atoms with Crippen molar-refractivity contribution in [3.8, 4) is 27.6 Å². The van der Waals surface area contributed by atoms with Crippen molar-refractivity contribution >= 4 is 22.2 Å². The molecule has 5 rings (SSSR count). The van der Waals surface area contributed by atoms with E-state index in [-0.39, 0.29) is 12.6 Å². The van der Waals surface area contributed by atoms with Crippen molar-refractivity contribution in [3.63, 3.8) is 0 Å². The van der Waals surface area contributed by atoms with Gasteiger partial charge in [-0.2, -0.15) is 5.10 Å². The summed E-state index contributed by atoms with van der Waals surface area (Å²) in [6, 6.07) is 15.4. The van der Waals surface area contributed by atoms with Crippen LogP contribution in [0.2, 0.25) is 0 Å². The van der Waals surface area contributed by atoms with E-state index in [0.717, 1.165) is 43.3 Å². The minimum absolute atomic E-state index is 0.129. The molecule has 160 valence electrons. The van der Waals surface area contributed by atoms with Crippen molar-refractivity contribution in [2.24, 2.45) is 5.73 Å². The summed E-state index contributed by atoms with van der Waals surface area (Å²) in [5.41, 5.74) is 11.2. The first-order chi connectivity index (χ1) is 15.5. The SMILES string of the molecule is Cc1cnc(-c2cc(-c3cccc([C@H](C)N)n3)cc3c2cnn3-c2cccc(CO)n2)s1. The maximum Gasteiger partial charge on any atom is 0.154 e. The molecular weight excluding hydrogens is 420 g/mol. The third kappa shape index (κ3) is 3.69. The molecule has 0 saturated heterocycles. The van der Waals surface area contributed by atoms with Crippen molar-refractivity contribution in [2.75, 3.05) is 0 Å². The van der Waals surface area contributed by atoms with Crippen LogP contribution in [0.1, 0.15) is 29.2 Å². The zero-order valence-electron chi connectivity index (χ0n) is 17.7. The van der Waals surface area contributed by atoms with Gasteiger partial charge in [-0.15, -0.1) is 11.3 Å². The number of hydrogen-bond acceptors (Lipinski definition) is 7. The number of hydrogen-bond donors (Lipinski definition) is 2. The monoisotopic (exact) mass is 442 g/mol. The summed E-state index contributed by atoms with van der Waals surface area (Å²) in [7, 11) is 0. The normalized spacial score (nSPS) is 12.4. The van der Waals surface area contributed by atoms with Gasteiger partial charge in [0.25, 0.3) is 0 Å². The Bertz CT molecular complexity index is 1420. The Morgan fingerprint density at radius 1 is 1.09 bits per heavy atom. The molecule has 4 aromatic heterocycles. The van der Waals surface area contributed by atoms with Gasteiger partial charge in [0, 0.05) is 33.6 Å². The van der Waals surface area contributed by atoms with Crippen molar-refractivity contribution in [1.82, 2.24) is 24.7 Å². The molecule has 1 aromatic carbocycles. The van der Waals surface area contributed by atoms with E-state index in [2.05, 4.69) is 27.2 Å². The lowest BCUT2D eigenvalue weighted by molar-refractivity contribution is 0.276. The molecule has 5 aromatic rings. The second-order valence-electron chi connectivity index (χ2n) is 7.67. The highest BCUT2D eigenvalue weighted by molar-refractivity contribution is 7.15. The lowest BCUT2D eigenvalue weighted by Gasteiger charge is -2.11. The number of thiazole rings is 1. The fourth-order valence-corrected chi connectivity index (χ4v) is 4.45. The van der Waals surface area contributed by atoms with E-state index >= 15 is 0 Å². The highest BCUT2D eigenvalue weighted by atomic mass is 32.1. The molecule has 7 nitrogen and oxygen atoms in total. The van der Waals surface area contributed by atoms with E-state index in [1.807, 2.05) is 56.6 Å². The van der Waals surface area contributed by atoms with Gasteiger partial charge in [0.05, 0.1) is 35.4 Å². The number of aryl methyl sites for hydroxylation is 1. The van der Waals surface area contributed by atoms with Crippen LogP contribution >= 0.6 is 11.3 Å². The summed E-state index contributed by atoms with van der Waals surface area (Å²) >= 11 is 1.64. The van der Waals surface area contributed by atoms with Crippen LogP contribution < -0.4 is 5.73 Å². The average Bonchev–Trinajstić information content (AvgIpc) is 3.45. The van der Waals surface area contributed by atoms with Gasteiger partial charge in [-0.05, 0) is 50.2 Å². The first-order valence-electron chi connectivity index (χ1n) is 10.3. The van der Waals surface area contributed by atoms with Gasteiger partial charge in [0.1, 0.15) is 5.01 Å². The molecule has 0 amide bonds. The second kappa shape index (κ2) is 8.23. The van der Waals surface area contributed by atoms with Crippen LogP contribution in [0, 0.1) is 6.92 Å². The van der Waals surface area contributed by atoms with Crippen molar-refractivity contribution in [1.29, 1.82) is 0 Å². The van der Waals surface area contributed by atoms with Crippen LogP contribution in [0.15, 0.2) is 60.9 Å². The highest BCUT2D eigenvalue weighted by Gasteiger charge is 2.17. The molecule has 0 bridgehead atoms. The predicted octanol–water partition coefficient (Wildman–Crippen LogP) is 4.43. The number of aliphatic hydroxyl groups is 1. The molecule has 4 heterocycles. The van der Waals surface area contributed by atoms with Crippen LogP contribution in [0.5, 0.6) is 0 Å². The molecule has 0 saturated carbocycles. The van der Waals surface area contributed by atoms with Crippen molar-refractivity contribution in [2.45, 2.75) is 26.5 Å². The summed E-state index contributed by atoms with van der Waals surface area (Å²) in [5, 5.41) is 16.0. The average molecular weight is 443 g/mol. The van der Waals surface area contributed by atoms with Gasteiger partial charge < -0.3 is 10.8 Å². The number of pyridine rings is 2. The number of benzene rings is 1. The van der Waals surface area contributed by atoms with Crippen molar-refractivity contribution in [3.05, 3.63) is 77.2 Å². The number of aliphatic hydroxyl groups excluding tert-OH is 1.